The lowest BCUT2D eigenvalue weighted by Gasteiger charge is -2.29. The van der Waals surface area contributed by atoms with Crippen LogP contribution >= 0.6 is 0 Å². The summed E-state index contributed by atoms with van der Waals surface area (Å²) in [5, 5.41) is 3.37. The van der Waals surface area contributed by atoms with Crippen molar-refractivity contribution < 1.29 is 0 Å². The molecule has 1 N–H and O–H groups in total. The first-order chi connectivity index (χ1) is 8.86. The molecule has 18 heavy (non-hydrogen) atoms. The van der Waals surface area contributed by atoms with Crippen molar-refractivity contribution in [2.75, 3.05) is 31.1 Å². The molecule has 0 radical (unpaired) electrons. The van der Waals surface area contributed by atoms with E-state index in [2.05, 4.69) is 51.0 Å². The quantitative estimate of drug-likeness (QED) is 0.868. The molecule has 1 aromatic heterocycles. The van der Waals surface area contributed by atoms with E-state index in [1.165, 1.54) is 11.3 Å². The molecule has 0 bridgehead atoms. The Balaban J connectivity index is 1.98. The van der Waals surface area contributed by atoms with Gasteiger partial charge in [0.15, 0.2) is 0 Å². The summed E-state index contributed by atoms with van der Waals surface area (Å²) >= 11 is 0. The van der Waals surface area contributed by atoms with E-state index in [9.17, 15) is 0 Å². The Morgan fingerprint density at radius 3 is 2.72 bits per heavy atom. The fourth-order valence-corrected chi connectivity index (χ4v) is 2.42. The Labute approximate surface area is 107 Å². The zero-order chi connectivity index (χ0) is 12.4. The van der Waals surface area contributed by atoms with Gasteiger partial charge >= 0.3 is 0 Å². The Hall–Kier alpha value is -1.81. The van der Waals surface area contributed by atoms with Gasteiger partial charge in [-0.15, -0.1) is 0 Å². The van der Waals surface area contributed by atoms with Gasteiger partial charge in [-0.25, -0.2) is 4.98 Å². The average Bonchev–Trinajstić information content (AvgIpc) is 2.89. The summed E-state index contributed by atoms with van der Waals surface area (Å²) < 4.78 is 2.18. The number of imidazole rings is 1. The molecule has 1 aliphatic rings. The van der Waals surface area contributed by atoms with Gasteiger partial charge in [0.1, 0.15) is 0 Å². The highest BCUT2D eigenvalue weighted by Gasteiger charge is 2.16. The molecule has 94 valence electrons. The fraction of sp³-hybridized carbons (Fsp3) is 0.357. The molecule has 1 aliphatic heterocycles. The summed E-state index contributed by atoms with van der Waals surface area (Å²) in [4.78, 5) is 6.85. The van der Waals surface area contributed by atoms with E-state index in [0.717, 1.165) is 32.1 Å². The maximum Gasteiger partial charge on any atom is 0.210 e. The minimum atomic E-state index is 1.02. The Morgan fingerprint density at radius 1 is 1.17 bits per heavy atom. The van der Waals surface area contributed by atoms with E-state index in [4.69, 9.17) is 0 Å². The number of aromatic nitrogens is 2. The summed E-state index contributed by atoms with van der Waals surface area (Å²) in [6.45, 7) is 6.23. The summed E-state index contributed by atoms with van der Waals surface area (Å²) in [6.07, 6.45) is 3.92. The van der Waals surface area contributed by atoms with Crippen LogP contribution in [0.15, 0.2) is 36.7 Å². The van der Waals surface area contributed by atoms with Gasteiger partial charge in [0.25, 0.3) is 0 Å². The Kier molecular flexibility index (Phi) is 3.02. The van der Waals surface area contributed by atoms with E-state index >= 15 is 0 Å². The maximum absolute atomic E-state index is 4.52. The van der Waals surface area contributed by atoms with Crippen LogP contribution in [0.2, 0.25) is 0 Å². The number of anilines is 1. The monoisotopic (exact) mass is 242 g/mol. The number of hydrogen-bond donors (Lipinski definition) is 1. The molecule has 1 aromatic carbocycles. The lowest BCUT2D eigenvalue weighted by molar-refractivity contribution is 0.577. The topological polar surface area (TPSA) is 33.1 Å². The summed E-state index contributed by atoms with van der Waals surface area (Å²) in [6, 6.07) is 8.42. The number of nitrogens with one attached hydrogen (secondary N) is 1. The molecule has 4 nitrogen and oxygen atoms in total. The van der Waals surface area contributed by atoms with Crippen molar-refractivity contribution in [3.63, 3.8) is 0 Å². The van der Waals surface area contributed by atoms with Gasteiger partial charge in [-0.2, -0.15) is 0 Å². The minimum Gasteiger partial charge on any atom is -0.339 e. The van der Waals surface area contributed by atoms with Crippen molar-refractivity contribution >= 4 is 5.95 Å². The molecule has 0 atom stereocenters. The zero-order valence-electron chi connectivity index (χ0n) is 10.6. The number of rotatable bonds is 2. The van der Waals surface area contributed by atoms with Crippen molar-refractivity contribution in [1.82, 2.24) is 14.9 Å². The number of hydrogen-bond acceptors (Lipinski definition) is 3. The Morgan fingerprint density at radius 2 is 1.94 bits per heavy atom. The molecule has 1 saturated heterocycles. The Bertz CT molecular complexity index is 526. The molecule has 2 aromatic rings. The third-order valence-corrected chi connectivity index (χ3v) is 3.40. The van der Waals surface area contributed by atoms with Crippen molar-refractivity contribution in [2.45, 2.75) is 6.92 Å². The molecule has 0 aliphatic carbocycles. The molecule has 2 heterocycles. The van der Waals surface area contributed by atoms with Crippen LogP contribution in [0.5, 0.6) is 0 Å². The SMILES string of the molecule is Cc1ccccc1-n1ccnc1N1CCNCC1. The van der Waals surface area contributed by atoms with Gasteiger partial charge < -0.3 is 10.2 Å². The summed E-state index contributed by atoms with van der Waals surface area (Å²) in [7, 11) is 0. The summed E-state index contributed by atoms with van der Waals surface area (Å²) in [5.74, 6) is 1.05. The highest BCUT2D eigenvalue weighted by atomic mass is 15.3. The van der Waals surface area contributed by atoms with Gasteiger partial charge in [-0.1, -0.05) is 18.2 Å². The van der Waals surface area contributed by atoms with E-state index in [0.29, 0.717) is 0 Å². The van der Waals surface area contributed by atoms with Crippen molar-refractivity contribution in [3.8, 4) is 5.69 Å². The molecule has 0 unspecified atom stereocenters. The molecule has 0 spiro atoms. The molecular weight excluding hydrogens is 224 g/mol. The first-order valence-corrected chi connectivity index (χ1v) is 6.41. The second kappa shape index (κ2) is 4.82. The average molecular weight is 242 g/mol. The van der Waals surface area contributed by atoms with E-state index in [1.54, 1.807) is 0 Å². The first-order valence-electron chi connectivity index (χ1n) is 6.41. The van der Waals surface area contributed by atoms with Gasteiger partial charge in [-0.05, 0) is 18.6 Å². The number of piperazine rings is 1. The molecule has 3 rings (SSSR count). The standard InChI is InChI=1S/C14H18N4/c1-12-4-2-3-5-13(12)18-11-8-16-14(18)17-9-6-15-7-10-17/h2-5,8,11,15H,6-7,9-10H2,1H3. The first kappa shape index (κ1) is 11.3. The third-order valence-electron chi connectivity index (χ3n) is 3.40. The summed E-state index contributed by atoms with van der Waals surface area (Å²) in [5.41, 5.74) is 2.48. The largest absolute Gasteiger partial charge is 0.339 e. The van der Waals surface area contributed by atoms with Gasteiger partial charge in [0.05, 0.1) is 5.69 Å². The highest BCUT2D eigenvalue weighted by molar-refractivity contribution is 5.48. The predicted molar refractivity (Wildman–Crippen MR) is 73.4 cm³/mol. The van der Waals surface area contributed by atoms with Gasteiger partial charge in [-0.3, -0.25) is 4.57 Å². The second-order valence-electron chi connectivity index (χ2n) is 4.62. The predicted octanol–water partition coefficient (Wildman–Crippen LogP) is 1.59. The maximum atomic E-state index is 4.52. The molecular formula is C14H18N4. The van der Waals surface area contributed by atoms with Crippen LogP contribution in [-0.4, -0.2) is 35.7 Å². The normalized spacial score (nSPS) is 15.9. The lowest BCUT2D eigenvalue weighted by Crippen LogP contribution is -2.44. The van der Waals surface area contributed by atoms with Gasteiger partial charge in [0, 0.05) is 38.6 Å². The van der Waals surface area contributed by atoms with Crippen molar-refractivity contribution in [2.24, 2.45) is 0 Å². The number of nitrogens with zero attached hydrogens (tertiary/aromatic N) is 3. The van der Waals surface area contributed by atoms with Crippen LogP contribution in [0.25, 0.3) is 5.69 Å². The van der Waals surface area contributed by atoms with Crippen LogP contribution in [0.4, 0.5) is 5.95 Å². The zero-order valence-corrected chi connectivity index (χ0v) is 10.6. The molecule has 0 amide bonds. The van der Waals surface area contributed by atoms with Crippen LogP contribution in [-0.2, 0) is 0 Å². The third kappa shape index (κ3) is 1.99. The highest BCUT2D eigenvalue weighted by Crippen LogP contribution is 2.21. The number of aryl methyl sites for hydroxylation is 1. The number of para-hydroxylation sites is 1. The number of benzene rings is 1. The van der Waals surface area contributed by atoms with E-state index in [-0.39, 0.29) is 0 Å². The van der Waals surface area contributed by atoms with Crippen LogP contribution in [0, 0.1) is 6.92 Å². The molecule has 0 saturated carbocycles. The molecule has 4 heteroatoms. The van der Waals surface area contributed by atoms with Crippen LogP contribution in [0.1, 0.15) is 5.56 Å². The fourth-order valence-electron chi connectivity index (χ4n) is 2.42. The molecule has 1 fully saturated rings. The van der Waals surface area contributed by atoms with Crippen molar-refractivity contribution in [3.05, 3.63) is 42.2 Å². The second-order valence-corrected chi connectivity index (χ2v) is 4.62. The van der Waals surface area contributed by atoms with E-state index < -0.39 is 0 Å². The minimum absolute atomic E-state index is 1.02. The van der Waals surface area contributed by atoms with Gasteiger partial charge in [0.2, 0.25) is 5.95 Å². The van der Waals surface area contributed by atoms with Crippen molar-refractivity contribution in [1.29, 1.82) is 0 Å². The smallest absolute Gasteiger partial charge is 0.210 e. The van der Waals surface area contributed by atoms with Crippen LogP contribution < -0.4 is 10.2 Å². The van der Waals surface area contributed by atoms with E-state index in [1.807, 2.05) is 12.4 Å². The van der Waals surface area contributed by atoms with Crippen LogP contribution in [0.3, 0.4) is 0 Å². The lowest BCUT2D eigenvalue weighted by atomic mass is 10.2.